The lowest BCUT2D eigenvalue weighted by molar-refractivity contribution is -0.127. The van der Waals surface area contributed by atoms with Gasteiger partial charge in [0.15, 0.2) is 5.58 Å². The van der Waals surface area contributed by atoms with E-state index in [9.17, 15) is 13.2 Å². The number of aromatic nitrogens is 1. The number of oxazole rings is 1. The highest BCUT2D eigenvalue weighted by Gasteiger charge is 2.23. The van der Waals surface area contributed by atoms with Crippen molar-refractivity contribution in [1.29, 1.82) is 0 Å². The van der Waals surface area contributed by atoms with Crippen LogP contribution in [0.25, 0.3) is 11.1 Å². The molecule has 1 aromatic heterocycles. The van der Waals surface area contributed by atoms with E-state index in [-0.39, 0.29) is 16.6 Å². The third-order valence-electron chi connectivity index (χ3n) is 4.46. The van der Waals surface area contributed by atoms with Crippen molar-refractivity contribution in [3.05, 3.63) is 18.2 Å². The van der Waals surface area contributed by atoms with Crippen LogP contribution in [0.15, 0.2) is 32.7 Å². The first kappa shape index (κ1) is 19.2. The molecule has 0 N–H and O–H groups in total. The first-order valence-electron chi connectivity index (χ1n) is 8.77. The van der Waals surface area contributed by atoms with Gasteiger partial charge >= 0.3 is 0 Å². The SMILES string of the molecule is CCN(CC)S(=O)(=O)c1ccc2oc(SCC(=O)N3CCCC3)nc2c1. The van der Waals surface area contributed by atoms with Crippen molar-refractivity contribution in [3.8, 4) is 0 Å². The van der Waals surface area contributed by atoms with Crippen LogP contribution in [0.5, 0.6) is 0 Å². The van der Waals surface area contributed by atoms with Crippen LogP contribution < -0.4 is 0 Å². The van der Waals surface area contributed by atoms with Crippen LogP contribution in [-0.2, 0) is 14.8 Å². The minimum absolute atomic E-state index is 0.0829. The lowest BCUT2D eigenvalue weighted by Gasteiger charge is -2.18. The Balaban J connectivity index is 1.76. The largest absolute Gasteiger partial charge is 0.431 e. The van der Waals surface area contributed by atoms with Gasteiger partial charge in [-0.2, -0.15) is 4.31 Å². The van der Waals surface area contributed by atoms with Gasteiger partial charge in [0.25, 0.3) is 5.22 Å². The van der Waals surface area contributed by atoms with E-state index in [0.29, 0.717) is 29.4 Å². The molecule has 1 saturated heterocycles. The molecule has 0 saturated carbocycles. The molecule has 2 heterocycles. The number of likely N-dealkylation sites (tertiary alicyclic amines) is 1. The molecule has 0 aliphatic carbocycles. The highest BCUT2D eigenvalue weighted by Crippen LogP contribution is 2.27. The second kappa shape index (κ2) is 7.98. The third kappa shape index (κ3) is 3.89. The highest BCUT2D eigenvalue weighted by molar-refractivity contribution is 7.99. The molecule has 7 nitrogen and oxygen atoms in total. The van der Waals surface area contributed by atoms with Gasteiger partial charge in [0, 0.05) is 26.2 Å². The van der Waals surface area contributed by atoms with Crippen molar-refractivity contribution in [3.63, 3.8) is 0 Å². The van der Waals surface area contributed by atoms with E-state index in [1.54, 1.807) is 6.07 Å². The van der Waals surface area contributed by atoms with Crippen LogP contribution >= 0.6 is 11.8 Å². The summed E-state index contributed by atoms with van der Waals surface area (Å²) in [6.07, 6.45) is 2.12. The van der Waals surface area contributed by atoms with Crippen molar-refractivity contribution >= 4 is 38.8 Å². The summed E-state index contributed by atoms with van der Waals surface area (Å²) >= 11 is 1.24. The Hall–Kier alpha value is -1.58. The number of sulfonamides is 1. The standard InChI is InChI=1S/C17H23N3O4S2/c1-3-20(4-2)26(22,23)13-7-8-15-14(11-13)18-17(24-15)25-12-16(21)19-9-5-6-10-19/h7-8,11H,3-6,9-10,12H2,1-2H3. The van der Waals surface area contributed by atoms with Crippen molar-refractivity contribution in [2.75, 3.05) is 31.9 Å². The molecular weight excluding hydrogens is 374 g/mol. The summed E-state index contributed by atoms with van der Waals surface area (Å²) in [5.41, 5.74) is 0.994. The fraction of sp³-hybridized carbons (Fsp3) is 0.529. The molecule has 142 valence electrons. The second-order valence-electron chi connectivity index (χ2n) is 6.08. The molecule has 26 heavy (non-hydrogen) atoms. The molecular formula is C17H23N3O4S2. The average molecular weight is 398 g/mol. The van der Waals surface area contributed by atoms with Gasteiger partial charge in [-0.25, -0.2) is 13.4 Å². The Labute approximate surface area is 157 Å². The Morgan fingerprint density at radius 3 is 2.62 bits per heavy atom. The minimum atomic E-state index is -3.54. The van der Waals surface area contributed by atoms with Crippen LogP contribution in [-0.4, -0.2) is 60.4 Å². The molecule has 1 aliphatic rings. The number of amides is 1. The normalized spacial score (nSPS) is 15.3. The Morgan fingerprint density at radius 2 is 1.96 bits per heavy atom. The average Bonchev–Trinajstić information content (AvgIpc) is 3.29. The number of carbonyl (C=O) groups excluding carboxylic acids is 1. The summed E-state index contributed by atoms with van der Waals surface area (Å²) in [4.78, 5) is 18.5. The fourth-order valence-corrected chi connectivity index (χ4v) is 5.22. The number of hydrogen-bond donors (Lipinski definition) is 0. The number of nitrogens with zero attached hydrogens (tertiary/aromatic N) is 3. The number of carbonyl (C=O) groups is 1. The molecule has 1 fully saturated rings. The smallest absolute Gasteiger partial charge is 0.257 e. The number of thioether (sulfide) groups is 1. The van der Waals surface area contributed by atoms with E-state index in [0.717, 1.165) is 25.9 Å². The van der Waals surface area contributed by atoms with E-state index < -0.39 is 10.0 Å². The van der Waals surface area contributed by atoms with Gasteiger partial charge < -0.3 is 9.32 Å². The number of hydrogen-bond acceptors (Lipinski definition) is 6. The zero-order valence-corrected chi connectivity index (χ0v) is 16.6. The van der Waals surface area contributed by atoms with Crippen LogP contribution in [0.3, 0.4) is 0 Å². The second-order valence-corrected chi connectivity index (χ2v) is 8.94. The summed E-state index contributed by atoms with van der Waals surface area (Å²) in [6, 6.07) is 4.68. The van der Waals surface area contributed by atoms with E-state index >= 15 is 0 Å². The van der Waals surface area contributed by atoms with E-state index in [4.69, 9.17) is 4.42 Å². The molecule has 3 rings (SSSR count). The van der Waals surface area contributed by atoms with E-state index in [2.05, 4.69) is 4.98 Å². The van der Waals surface area contributed by atoms with Crippen molar-refractivity contribution in [2.45, 2.75) is 36.8 Å². The maximum Gasteiger partial charge on any atom is 0.257 e. The molecule has 1 aliphatic heterocycles. The van der Waals surface area contributed by atoms with E-state index in [1.807, 2.05) is 18.7 Å². The lowest BCUT2D eigenvalue weighted by atomic mass is 10.3. The lowest BCUT2D eigenvalue weighted by Crippen LogP contribution is -2.30. The summed E-state index contributed by atoms with van der Waals surface area (Å²) in [5.74, 6) is 0.358. The first-order chi connectivity index (χ1) is 12.5. The van der Waals surface area contributed by atoms with Crippen molar-refractivity contribution in [2.24, 2.45) is 0 Å². The minimum Gasteiger partial charge on any atom is -0.431 e. The monoisotopic (exact) mass is 397 g/mol. The van der Waals surface area contributed by atoms with Gasteiger partial charge in [-0.1, -0.05) is 25.6 Å². The predicted octanol–water partition coefficient (Wildman–Crippen LogP) is 2.57. The van der Waals surface area contributed by atoms with Crippen LogP contribution in [0.4, 0.5) is 0 Å². The van der Waals surface area contributed by atoms with Gasteiger partial charge in [0.2, 0.25) is 15.9 Å². The van der Waals surface area contributed by atoms with E-state index in [1.165, 1.54) is 28.2 Å². The summed E-state index contributed by atoms with van der Waals surface area (Å²) in [5, 5.41) is 0.380. The molecule has 1 aromatic carbocycles. The maximum atomic E-state index is 12.6. The molecule has 2 aromatic rings. The van der Waals surface area contributed by atoms with Crippen LogP contribution in [0.1, 0.15) is 26.7 Å². The third-order valence-corrected chi connectivity index (χ3v) is 7.32. The molecule has 0 unspecified atom stereocenters. The predicted molar refractivity (Wildman–Crippen MR) is 101 cm³/mol. The molecule has 1 amide bonds. The quantitative estimate of drug-likeness (QED) is 0.668. The van der Waals surface area contributed by atoms with Crippen molar-refractivity contribution < 1.29 is 17.6 Å². The number of fused-ring (bicyclic) bond motifs is 1. The number of rotatable bonds is 7. The molecule has 9 heteroatoms. The molecule has 0 atom stereocenters. The number of benzene rings is 1. The molecule has 0 bridgehead atoms. The van der Waals surface area contributed by atoms with Gasteiger partial charge in [-0.15, -0.1) is 0 Å². The highest BCUT2D eigenvalue weighted by atomic mass is 32.2. The topological polar surface area (TPSA) is 83.7 Å². The zero-order chi connectivity index (χ0) is 18.7. The summed E-state index contributed by atoms with van der Waals surface area (Å²) in [7, 11) is -3.54. The van der Waals surface area contributed by atoms with Gasteiger partial charge in [0.1, 0.15) is 5.52 Å². The maximum absolute atomic E-state index is 12.6. The van der Waals surface area contributed by atoms with Gasteiger partial charge in [-0.3, -0.25) is 4.79 Å². The molecule has 0 spiro atoms. The first-order valence-corrected chi connectivity index (χ1v) is 11.2. The fourth-order valence-electron chi connectivity index (χ4n) is 3.00. The Morgan fingerprint density at radius 1 is 1.27 bits per heavy atom. The van der Waals surface area contributed by atoms with Crippen molar-refractivity contribution in [1.82, 2.24) is 14.2 Å². The zero-order valence-electron chi connectivity index (χ0n) is 15.0. The Bertz CT molecular complexity index is 885. The molecule has 0 radical (unpaired) electrons. The summed E-state index contributed by atoms with van der Waals surface area (Å²) < 4.78 is 32.3. The summed E-state index contributed by atoms with van der Waals surface area (Å²) in [6.45, 7) is 6.08. The van der Waals surface area contributed by atoms with Gasteiger partial charge in [0.05, 0.1) is 10.6 Å². The van der Waals surface area contributed by atoms with Crippen LogP contribution in [0, 0.1) is 0 Å². The van der Waals surface area contributed by atoms with Crippen LogP contribution in [0.2, 0.25) is 0 Å². The Kier molecular flexibility index (Phi) is 5.89. The van der Waals surface area contributed by atoms with Gasteiger partial charge in [-0.05, 0) is 31.0 Å².